The summed E-state index contributed by atoms with van der Waals surface area (Å²) in [6, 6.07) is 6.91. The Bertz CT molecular complexity index is 1420. The third kappa shape index (κ3) is 7.71. The van der Waals surface area contributed by atoms with Crippen molar-refractivity contribution in [2.45, 2.75) is 129 Å². The van der Waals surface area contributed by atoms with E-state index in [2.05, 4.69) is 39.2 Å². The molecule has 1 aromatic rings. The van der Waals surface area contributed by atoms with Gasteiger partial charge in [-0.15, -0.1) is 13.2 Å². The number of hydrogen-bond donors (Lipinski definition) is 2. The number of nitrogens with zero attached hydrogens (tertiary/aromatic N) is 2. The molecule has 3 aliphatic heterocycles. The summed E-state index contributed by atoms with van der Waals surface area (Å²) in [5.74, 6) is -3.57. The van der Waals surface area contributed by atoms with Crippen LogP contribution in [0.4, 0.5) is 0 Å². The molecule has 2 N–H and O–H groups in total. The van der Waals surface area contributed by atoms with Crippen molar-refractivity contribution in [2.75, 3.05) is 13.2 Å². The molecule has 1 aromatic carbocycles. The van der Waals surface area contributed by atoms with Gasteiger partial charge in [0.1, 0.15) is 17.7 Å². The fourth-order valence-electron chi connectivity index (χ4n) is 8.86. The maximum absolute atomic E-state index is 15.1. The van der Waals surface area contributed by atoms with E-state index in [0.29, 0.717) is 31.2 Å². The Balaban J connectivity index is 1.75. The first kappa shape index (κ1) is 39.3. The molecule has 10 heteroatoms. The molecule has 3 saturated heterocycles. The summed E-state index contributed by atoms with van der Waals surface area (Å²) in [7, 11) is 0. The van der Waals surface area contributed by atoms with Gasteiger partial charge < -0.3 is 29.7 Å². The number of hydrogen-bond acceptors (Lipinski definition) is 7. The summed E-state index contributed by atoms with van der Waals surface area (Å²) in [4.78, 5) is 60.2. The van der Waals surface area contributed by atoms with E-state index < -0.39 is 59.3 Å². The molecule has 0 aliphatic carbocycles. The zero-order valence-electron chi connectivity index (χ0n) is 31.3. The molecule has 3 fully saturated rings. The second-order valence-electron chi connectivity index (χ2n) is 16.5. The van der Waals surface area contributed by atoms with Crippen LogP contribution in [0.3, 0.4) is 0 Å². The molecule has 0 unspecified atom stereocenters. The lowest BCUT2D eigenvalue weighted by atomic mass is 9.70. The van der Waals surface area contributed by atoms with Crippen LogP contribution in [0, 0.1) is 23.2 Å². The molecule has 276 valence electrons. The van der Waals surface area contributed by atoms with Gasteiger partial charge in [0.05, 0.1) is 36.6 Å². The molecule has 1 spiro atoms. The van der Waals surface area contributed by atoms with Crippen LogP contribution < -0.4 is 5.32 Å². The van der Waals surface area contributed by atoms with Crippen LogP contribution in [0.5, 0.6) is 0 Å². The topological polar surface area (TPSA) is 125 Å². The minimum Gasteiger partial charge on any atom is -0.455 e. The molecule has 0 aromatic heterocycles. The highest BCUT2D eigenvalue weighted by Crippen LogP contribution is 2.60. The van der Waals surface area contributed by atoms with Crippen LogP contribution in [0.1, 0.15) is 99.2 Å². The van der Waals surface area contributed by atoms with E-state index in [9.17, 15) is 19.5 Å². The molecule has 50 heavy (non-hydrogen) atoms. The van der Waals surface area contributed by atoms with Crippen molar-refractivity contribution in [1.82, 2.24) is 15.1 Å². The summed E-state index contributed by atoms with van der Waals surface area (Å²) in [5.41, 5.74) is -1.28. The number of nitrogens with one attached hydrogen (secondary N) is 1. The first-order chi connectivity index (χ1) is 23.4. The van der Waals surface area contributed by atoms with E-state index in [1.54, 1.807) is 24.0 Å². The number of aliphatic hydroxyl groups is 1. The number of esters is 1. The van der Waals surface area contributed by atoms with Crippen LogP contribution in [-0.4, -0.2) is 87.1 Å². The van der Waals surface area contributed by atoms with Crippen molar-refractivity contribution >= 4 is 23.7 Å². The molecule has 10 nitrogen and oxygen atoms in total. The molecular weight excluding hydrogens is 634 g/mol. The number of likely N-dealkylation sites (tertiary alicyclic amines) is 1. The summed E-state index contributed by atoms with van der Waals surface area (Å²) >= 11 is 0. The normalized spacial score (nSPS) is 26.3. The number of fused-ring (bicyclic) bond motifs is 1. The molecule has 3 amide bonds. The molecule has 3 aliphatic rings. The predicted octanol–water partition coefficient (Wildman–Crippen LogP) is 5.36. The molecule has 0 saturated carbocycles. The molecule has 0 radical (unpaired) electrons. The maximum Gasteiger partial charge on any atom is 0.313 e. The third-order valence-electron chi connectivity index (χ3n) is 10.6. The van der Waals surface area contributed by atoms with Crippen LogP contribution in [0.25, 0.3) is 0 Å². The number of aliphatic hydroxyl groups excluding tert-OH is 1. The van der Waals surface area contributed by atoms with Gasteiger partial charge in [-0.3, -0.25) is 19.2 Å². The zero-order chi connectivity index (χ0) is 37.2. The SMILES string of the molecule is C=CCCC(=O)N[C@@H](C)[C@H](OC(=O)[C@@H]1[C@@H]2CC[C@]3(O2)[C@H](C(=O)N(CC=C)C(C)(C)CC(C)(C)C)N([C@@H](CO)C(C)C)C(=O)[C@@H]13)c1ccccc1. The molecule has 4 rings (SSSR count). The van der Waals surface area contributed by atoms with Gasteiger partial charge in [0, 0.05) is 18.5 Å². The van der Waals surface area contributed by atoms with Crippen LogP contribution in [-0.2, 0) is 28.7 Å². The Morgan fingerprint density at radius 1 is 1.12 bits per heavy atom. The van der Waals surface area contributed by atoms with Crippen molar-refractivity contribution in [2.24, 2.45) is 23.2 Å². The standard InChI is InChI=1S/C40H59N3O7/c1-11-13-19-30(45)41-26(5)33(27-17-15-14-16-18-27)49-37(48)31-29-20-21-40(50-29)32(31)35(46)43(28(23-44)25(3)4)34(40)36(47)42(22-12-2)39(9,10)24-38(6,7)8/h11-12,14-18,25-26,28-29,31-34,44H,1-2,13,19-24H2,3-10H3,(H,41,45)/t26-,28-,29-,31+,32+,33-,34-,40+/m0/s1. The predicted molar refractivity (Wildman–Crippen MR) is 193 cm³/mol. The van der Waals surface area contributed by atoms with Gasteiger partial charge in [-0.05, 0) is 63.4 Å². The molecule has 2 bridgehead atoms. The third-order valence-corrected chi connectivity index (χ3v) is 10.6. The molecule has 8 atom stereocenters. The minimum atomic E-state index is -1.27. The van der Waals surface area contributed by atoms with Gasteiger partial charge in [-0.2, -0.15) is 0 Å². The Kier molecular flexibility index (Phi) is 12.1. The number of amides is 3. The van der Waals surface area contributed by atoms with Gasteiger partial charge in [0.15, 0.2) is 0 Å². The summed E-state index contributed by atoms with van der Waals surface area (Å²) in [5, 5.41) is 13.6. The van der Waals surface area contributed by atoms with E-state index in [4.69, 9.17) is 9.47 Å². The van der Waals surface area contributed by atoms with Crippen LogP contribution >= 0.6 is 0 Å². The monoisotopic (exact) mass is 693 g/mol. The van der Waals surface area contributed by atoms with Crippen molar-refractivity contribution in [3.05, 3.63) is 61.2 Å². The van der Waals surface area contributed by atoms with E-state index in [1.807, 2.05) is 58.0 Å². The zero-order valence-corrected chi connectivity index (χ0v) is 31.3. The van der Waals surface area contributed by atoms with Crippen LogP contribution in [0.15, 0.2) is 55.6 Å². The van der Waals surface area contributed by atoms with Gasteiger partial charge >= 0.3 is 5.97 Å². The lowest BCUT2D eigenvalue weighted by Gasteiger charge is -2.46. The molecule has 3 heterocycles. The largest absolute Gasteiger partial charge is 0.455 e. The molecular formula is C40H59N3O7. The maximum atomic E-state index is 15.1. The number of allylic oxidation sites excluding steroid dienone is 1. The van der Waals surface area contributed by atoms with Gasteiger partial charge in [-0.1, -0.05) is 77.1 Å². The Morgan fingerprint density at radius 3 is 2.34 bits per heavy atom. The summed E-state index contributed by atoms with van der Waals surface area (Å²) in [6.07, 6.45) is 4.26. The lowest BCUT2D eigenvalue weighted by molar-refractivity contribution is -0.163. The van der Waals surface area contributed by atoms with E-state index in [0.717, 1.165) is 0 Å². The second-order valence-corrected chi connectivity index (χ2v) is 16.5. The highest BCUT2D eigenvalue weighted by atomic mass is 16.6. The van der Waals surface area contributed by atoms with Crippen molar-refractivity contribution in [1.29, 1.82) is 0 Å². The first-order valence-electron chi connectivity index (χ1n) is 18.1. The Labute approximate surface area is 298 Å². The van der Waals surface area contributed by atoms with E-state index >= 15 is 4.79 Å². The van der Waals surface area contributed by atoms with Gasteiger partial charge in [0.25, 0.3) is 0 Å². The van der Waals surface area contributed by atoms with Crippen LogP contribution in [0.2, 0.25) is 0 Å². The van der Waals surface area contributed by atoms with Gasteiger partial charge in [-0.25, -0.2) is 0 Å². The highest BCUT2D eigenvalue weighted by molar-refractivity contribution is 5.98. The minimum absolute atomic E-state index is 0.102. The van der Waals surface area contributed by atoms with Crippen molar-refractivity contribution in [3.63, 3.8) is 0 Å². The summed E-state index contributed by atoms with van der Waals surface area (Å²) in [6.45, 7) is 23.6. The smallest absolute Gasteiger partial charge is 0.313 e. The fraction of sp³-hybridized carbons (Fsp3) is 0.650. The number of benzene rings is 1. The van der Waals surface area contributed by atoms with Crippen molar-refractivity contribution in [3.8, 4) is 0 Å². The van der Waals surface area contributed by atoms with Crippen molar-refractivity contribution < 1.29 is 33.8 Å². The highest BCUT2D eigenvalue weighted by Gasteiger charge is 2.76. The average molecular weight is 694 g/mol. The van der Waals surface area contributed by atoms with E-state index in [-0.39, 0.29) is 48.6 Å². The Morgan fingerprint density at radius 2 is 1.78 bits per heavy atom. The average Bonchev–Trinajstić information content (AvgIpc) is 3.68. The number of carbonyl (C=O) groups is 4. The van der Waals surface area contributed by atoms with Gasteiger partial charge in [0.2, 0.25) is 17.7 Å². The van der Waals surface area contributed by atoms with E-state index in [1.165, 1.54) is 4.90 Å². The lowest BCUT2D eigenvalue weighted by Crippen LogP contribution is -2.63. The quantitative estimate of drug-likeness (QED) is 0.176. The summed E-state index contributed by atoms with van der Waals surface area (Å²) < 4.78 is 13.0. The second kappa shape index (κ2) is 15.4. The number of carbonyl (C=O) groups excluding carboxylic acids is 4. The first-order valence-corrected chi connectivity index (χ1v) is 18.1. The fourth-order valence-corrected chi connectivity index (χ4v) is 8.86. The number of ether oxygens (including phenoxy) is 2. The number of rotatable bonds is 16. The Hall–Kier alpha value is -3.50.